The lowest BCUT2D eigenvalue weighted by molar-refractivity contribution is -0.157. The minimum Gasteiger partial charge on any atom is -0.459 e. The molecule has 1 unspecified atom stereocenters. The minimum atomic E-state index is -0.499. The maximum atomic E-state index is 12.2. The largest absolute Gasteiger partial charge is 0.459 e. The predicted octanol–water partition coefficient (Wildman–Crippen LogP) is 2.59. The van der Waals surface area contributed by atoms with Crippen LogP contribution in [-0.2, 0) is 9.53 Å². The smallest absolute Gasteiger partial charge is 0.324 e. The third kappa shape index (κ3) is 4.02. The highest BCUT2D eigenvalue weighted by Crippen LogP contribution is 2.26. The van der Waals surface area contributed by atoms with Crippen molar-refractivity contribution in [2.45, 2.75) is 38.8 Å². The van der Waals surface area contributed by atoms with Gasteiger partial charge in [-0.1, -0.05) is 30.3 Å². The molecule has 0 aliphatic carbocycles. The van der Waals surface area contributed by atoms with Crippen LogP contribution in [0.1, 0.15) is 43.1 Å². The third-order valence-electron chi connectivity index (χ3n) is 3.26. The van der Waals surface area contributed by atoms with E-state index in [2.05, 4.69) is 5.32 Å². The fourth-order valence-corrected chi connectivity index (χ4v) is 2.35. The van der Waals surface area contributed by atoms with E-state index < -0.39 is 5.60 Å². The van der Waals surface area contributed by atoms with Gasteiger partial charge >= 0.3 is 5.97 Å². The molecule has 0 spiro atoms. The van der Waals surface area contributed by atoms with E-state index in [-0.39, 0.29) is 12.0 Å². The van der Waals surface area contributed by atoms with Crippen LogP contribution >= 0.6 is 0 Å². The zero-order valence-corrected chi connectivity index (χ0v) is 12.7. The van der Waals surface area contributed by atoms with E-state index in [1.807, 2.05) is 45.0 Å². The Hall–Kier alpha value is -1.94. The van der Waals surface area contributed by atoms with Crippen LogP contribution in [0.4, 0.5) is 0 Å². The lowest BCUT2D eigenvalue weighted by Crippen LogP contribution is -2.43. The maximum Gasteiger partial charge on any atom is 0.324 e. The standard InChI is InChI=1S/C17H21NO3/c1-17(2,3)21-16(20)15-10-12(8-9-18-15)14-7-5-4-6-13(14)11-19/h4-8,11,15,18H,9-10H2,1-3H3. The van der Waals surface area contributed by atoms with Gasteiger partial charge in [0.15, 0.2) is 6.29 Å². The molecule has 112 valence electrons. The molecule has 1 aliphatic heterocycles. The van der Waals surface area contributed by atoms with Crippen molar-refractivity contribution in [2.75, 3.05) is 6.54 Å². The Bertz CT molecular complexity index is 570. The van der Waals surface area contributed by atoms with Gasteiger partial charge in [-0.05, 0) is 38.3 Å². The van der Waals surface area contributed by atoms with Crippen molar-refractivity contribution < 1.29 is 14.3 Å². The Kier molecular flexibility index (Phi) is 4.58. The highest BCUT2D eigenvalue weighted by atomic mass is 16.6. The monoisotopic (exact) mass is 287 g/mol. The topological polar surface area (TPSA) is 55.4 Å². The van der Waals surface area contributed by atoms with Crippen LogP contribution in [0.15, 0.2) is 30.3 Å². The summed E-state index contributed by atoms with van der Waals surface area (Å²) in [6.07, 6.45) is 3.39. The van der Waals surface area contributed by atoms with Gasteiger partial charge in [0.2, 0.25) is 0 Å². The highest BCUT2D eigenvalue weighted by molar-refractivity contribution is 5.88. The van der Waals surface area contributed by atoms with E-state index in [4.69, 9.17) is 4.74 Å². The number of carbonyl (C=O) groups excluding carboxylic acids is 2. The molecule has 1 aromatic rings. The van der Waals surface area contributed by atoms with E-state index in [1.54, 1.807) is 6.07 Å². The number of hydrogen-bond acceptors (Lipinski definition) is 4. The Morgan fingerprint density at radius 3 is 2.71 bits per heavy atom. The van der Waals surface area contributed by atoms with Crippen molar-refractivity contribution in [1.82, 2.24) is 5.32 Å². The first-order valence-electron chi connectivity index (χ1n) is 7.10. The fraction of sp³-hybridized carbons (Fsp3) is 0.412. The number of rotatable bonds is 3. The normalized spacial score (nSPS) is 18.8. The van der Waals surface area contributed by atoms with Gasteiger partial charge < -0.3 is 10.1 Å². The van der Waals surface area contributed by atoms with Crippen LogP contribution in [0.5, 0.6) is 0 Å². The molecule has 21 heavy (non-hydrogen) atoms. The molecule has 0 amide bonds. The Morgan fingerprint density at radius 1 is 1.33 bits per heavy atom. The summed E-state index contributed by atoms with van der Waals surface area (Å²) in [5.74, 6) is -0.253. The van der Waals surface area contributed by atoms with E-state index in [0.717, 1.165) is 17.4 Å². The molecular formula is C17H21NO3. The number of hydrogen-bond donors (Lipinski definition) is 1. The molecule has 0 fully saturated rings. The van der Waals surface area contributed by atoms with Crippen molar-refractivity contribution in [3.05, 3.63) is 41.5 Å². The zero-order chi connectivity index (χ0) is 15.5. The molecule has 1 N–H and O–H groups in total. The van der Waals surface area contributed by atoms with E-state index in [1.165, 1.54) is 0 Å². The minimum absolute atomic E-state index is 0.253. The molecule has 1 aromatic carbocycles. The van der Waals surface area contributed by atoms with Gasteiger partial charge in [-0.3, -0.25) is 9.59 Å². The maximum absolute atomic E-state index is 12.2. The molecule has 0 bridgehead atoms. The number of benzene rings is 1. The first-order valence-corrected chi connectivity index (χ1v) is 7.10. The van der Waals surface area contributed by atoms with Crippen LogP contribution in [0.25, 0.3) is 5.57 Å². The summed E-state index contributed by atoms with van der Waals surface area (Å²) >= 11 is 0. The number of carbonyl (C=O) groups is 2. The van der Waals surface area contributed by atoms with Gasteiger partial charge in [0, 0.05) is 12.1 Å². The van der Waals surface area contributed by atoms with Gasteiger partial charge in [0.1, 0.15) is 11.6 Å². The molecule has 0 saturated heterocycles. The molecule has 1 aliphatic rings. The summed E-state index contributed by atoms with van der Waals surface area (Å²) in [5, 5.41) is 3.14. The van der Waals surface area contributed by atoms with Crippen LogP contribution in [-0.4, -0.2) is 30.4 Å². The summed E-state index contributed by atoms with van der Waals surface area (Å²) in [6.45, 7) is 6.15. The summed E-state index contributed by atoms with van der Waals surface area (Å²) < 4.78 is 5.42. The lowest BCUT2D eigenvalue weighted by atomic mass is 9.92. The fourth-order valence-electron chi connectivity index (χ4n) is 2.35. The molecule has 4 heteroatoms. The van der Waals surface area contributed by atoms with Gasteiger partial charge in [-0.15, -0.1) is 0 Å². The molecule has 1 atom stereocenters. The van der Waals surface area contributed by atoms with E-state index >= 15 is 0 Å². The number of ether oxygens (including phenoxy) is 1. The van der Waals surface area contributed by atoms with Crippen LogP contribution in [0, 0.1) is 0 Å². The third-order valence-corrected chi connectivity index (χ3v) is 3.26. The SMILES string of the molecule is CC(C)(C)OC(=O)C1CC(c2ccccc2C=O)=CCN1. The Labute approximate surface area is 125 Å². The van der Waals surface area contributed by atoms with Gasteiger partial charge in [-0.25, -0.2) is 0 Å². The second-order valence-electron chi connectivity index (χ2n) is 6.13. The molecule has 4 nitrogen and oxygen atoms in total. The summed E-state index contributed by atoms with van der Waals surface area (Å²) in [6, 6.07) is 7.05. The molecular weight excluding hydrogens is 266 g/mol. The number of nitrogens with one attached hydrogen (secondary N) is 1. The quantitative estimate of drug-likeness (QED) is 0.686. The van der Waals surface area contributed by atoms with Crippen molar-refractivity contribution >= 4 is 17.8 Å². The predicted molar refractivity (Wildman–Crippen MR) is 82.1 cm³/mol. The summed E-state index contributed by atoms with van der Waals surface area (Å²) in [4.78, 5) is 23.3. The van der Waals surface area contributed by atoms with Gasteiger partial charge in [-0.2, -0.15) is 0 Å². The summed E-state index contributed by atoms with van der Waals surface area (Å²) in [7, 11) is 0. The Balaban J connectivity index is 2.16. The summed E-state index contributed by atoms with van der Waals surface area (Å²) in [5.41, 5.74) is 2.05. The van der Waals surface area contributed by atoms with E-state index in [0.29, 0.717) is 18.5 Å². The van der Waals surface area contributed by atoms with Crippen LogP contribution in [0.2, 0.25) is 0 Å². The number of esters is 1. The van der Waals surface area contributed by atoms with Crippen LogP contribution < -0.4 is 5.32 Å². The molecule has 0 saturated carbocycles. The lowest BCUT2D eigenvalue weighted by Gasteiger charge is -2.27. The number of aldehydes is 1. The van der Waals surface area contributed by atoms with Gasteiger partial charge in [0.05, 0.1) is 0 Å². The average molecular weight is 287 g/mol. The molecule has 0 radical (unpaired) electrons. The van der Waals surface area contributed by atoms with Crippen molar-refractivity contribution in [3.63, 3.8) is 0 Å². The Morgan fingerprint density at radius 2 is 2.05 bits per heavy atom. The van der Waals surface area contributed by atoms with E-state index in [9.17, 15) is 9.59 Å². The van der Waals surface area contributed by atoms with Crippen molar-refractivity contribution in [1.29, 1.82) is 0 Å². The zero-order valence-electron chi connectivity index (χ0n) is 12.7. The second-order valence-corrected chi connectivity index (χ2v) is 6.13. The molecule has 2 rings (SSSR count). The molecule has 1 heterocycles. The first kappa shape index (κ1) is 15.4. The van der Waals surface area contributed by atoms with Crippen molar-refractivity contribution in [2.24, 2.45) is 0 Å². The first-order chi connectivity index (χ1) is 9.90. The second kappa shape index (κ2) is 6.22. The van der Waals surface area contributed by atoms with Crippen LogP contribution in [0.3, 0.4) is 0 Å². The molecule has 0 aromatic heterocycles. The highest BCUT2D eigenvalue weighted by Gasteiger charge is 2.28. The van der Waals surface area contributed by atoms with Crippen molar-refractivity contribution in [3.8, 4) is 0 Å². The van der Waals surface area contributed by atoms with Gasteiger partial charge in [0.25, 0.3) is 0 Å². The average Bonchev–Trinajstić information content (AvgIpc) is 2.45.